The van der Waals surface area contributed by atoms with Crippen LogP contribution in [0.2, 0.25) is 0 Å². The van der Waals surface area contributed by atoms with Crippen LogP contribution < -0.4 is 10.2 Å². The molecular weight excluding hydrogens is 376 g/mol. The van der Waals surface area contributed by atoms with Gasteiger partial charge in [-0.1, -0.05) is 39.9 Å². The first-order chi connectivity index (χ1) is 9.90. The Balaban J connectivity index is 2.29. The van der Waals surface area contributed by atoms with Crippen molar-refractivity contribution in [3.8, 4) is 0 Å². The third-order valence-corrected chi connectivity index (χ3v) is 4.77. The highest BCUT2D eigenvalue weighted by atomic mass is 79.9. The van der Waals surface area contributed by atoms with Gasteiger partial charge in [-0.05, 0) is 18.2 Å². The van der Waals surface area contributed by atoms with Crippen LogP contribution in [0, 0.1) is 0 Å². The van der Waals surface area contributed by atoms with Gasteiger partial charge in [0.05, 0.1) is 16.2 Å². The molecule has 3 amide bonds. The summed E-state index contributed by atoms with van der Waals surface area (Å²) in [5.74, 6) is -1.31. The minimum absolute atomic E-state index is 0.212. The van der Waals surface area contributed by atoms with Gasteiger partial charge < -0.3 is 5.32 Å². The van der Waals surface area contributed by atoms with Crippen molar-refractivity contribution < 1.29 is 14.4 Å². The number of nitrogens with one attached hydrogen (secondary N) is 1. The van der Waals surface area contributed by atoms with E-state index in [9.17, 15) is 14.4 Å². The molecule has 1 aromatic carbocycles. The number of nitrogens with zero attached hydrogens (tertiary/aromatic N) is 1. The van der Waals surface area contributed by atoms with Crippen LogP contribution in [0.1, 0.15) is 12.5 Å². The molecule has 0 aliphatic carbocycles. The second-order valence-electron chi connectivity index (χ2n) is 4.37. The normalized spacial score (nSPS) is 20.9. The number of hydrogen-bond acceptors (Lipinski definition) is 5. The van der Waals surface area contributed by atoms with E-state index >= 15 is 0 Å². The van der Waals surface area contributed by atoms with Crippen molar-refractivity contribution in [2.45, 2.75) is 6.92 Å². The lowest BCUT2D eigenvalue weighted by Crippen LogP contribution is -2.31. The van der Waals surface area contributed by atoms with Crippen molar-refractivity contribution in [3.05, 3.63) is 33.1 Å². The molecule has 0 bridgehead atoms. The summed E-state index contributed by atoms with van der Waals surface area (Å²) in [5.41, 5.74) is 1.24. The molecule has 8 heteroatoms. The molecule has 5 nitrogen and oxygen atoms in total. The maximum atomic E-state index is 12.5. The third-order valence-electron chi connectivity index (χ3n) is 3.04. The van der Waals surface area contributed by atoms with Gasteiger partial charge in [-0.2, -0.15) is 0 Å². The summed E-state index contributed by atoms with van der Waals surface area (Å²) >= 11 is 9.32. The minimum Gasteiger partial charge on any atom is -0.307 e. The van der Waals surface area contributed by atoms with Crippen molar-refractivity contribution in [3.63, 3.8) is 0 Å². The number of rotatable bonds is 0. The summed E-state index contributed by atoms with van der Waals surface area (Å²) in [6, 6.07) is 5.12. The van der Waals surface area contributed by atoms with Crippen LogP contribution in [-0.2, 0) is 14.4 Å². The zero-order valence-corrected chi connectivity index (χ0v) is 13.8. The van der Waals surface area contributed by atoms with Gasteiger partial charge in [0.2, 0.25) is 5.91 Å². The lowest BCUT2D eigenvalue weighted by Gasteiger charge is -2.11. The minimum atomic E-state index is -0.502. The Morgan fingerprint density at radius 1 is 1.38 bits per heavy atom. The van der Waals surface area contributed by atoms with Crippen LogP contribution in [0.3, 0.4) is 0 Å². The highest BCUT2D eigenvalue weighted by Crippen LogP contribution is 2.43. The van der Waals surface area contributed by atoms with Gasteiger partial charge in [0.25, 0.3) is 11.8 Å². The molecule has 0 atom stereocenters. The summed E-state index contributed by atoms with van der Waals surface area (Å²) < 4.78 is 1.05. The molecule has 1 aromatic rings. The summed E-state index contributed by atoms with van der Waals surface area (Å²) in [5, 5.41) is 2.48. The average molecular weight is 383 g/mol. The fraction of sp³-hybridized carbons (Fsp3) is 0.0769. The first-order valence-corrected chi connectivity index (χ1v) is 7.84. The number of fused-ring (bicyclic) bond motifs is 1. The lowest BCUT2D eigenvalue weighted by molar-refractivity contribution is -0.122. The van der Waals surface area contributed by atoms with Gasteiger partial charge in [-0.3, -0.25) is 14.4 Å². The number of carbonyl (C=O) groups is 3. The summed E-state index contributed by atoms with van der Waals surface area (Å²) in [6.07, 6.45) is 0. The number of amides is 3. The number of thiocarbonyl (C=S) groups is 1. The third kappa shape index (κ3) is 2.23. The van der Waals surface area contributed by atoms with Crippen LogP contribution in [-0.4, -0.2) is 22.0 Å². The summed E-state index contributed by atoms with van der Waals surface area (Å²) in [7, 11) is 0. The molecule has 0 aromatic heterocycles. The molecule has 2 aliphatic heterocycles. The predicted molar refractivity (Wildman–Crippen MR) is 87.6 cm³/mol. The molecule has 0 saturated carbocycles. The molecule has 0 spiro atoms. The van der Waals surface area contributed by atoms with Crippen molar-refractivity contribution in [1.29, 1.82) is 0 Å². The maximum absolute atomic E-state index is 12.5. The van der Waals surface area contributed by atoms with E-state index in [1.54, 1.807) is 18.2 Å². The first-order valence-electron chi connectivity index (χ1n) is 5.82. The molecule has 1 N–H and O–H groups in total. The molecule has 0 radical (unpaired) electrons. The fourth-order valence-corrected chi connectivity index (χ4v) is 3.73. The van der Waals surface area contributed by atoms with Crippen molar-refractivity contribution in [2.24, 2.45) is 0 Å². The molecule has 0 unspecified atom stereocenters. The smallest absolute Gasteiger partial charge is 0.267 e. The molecule has 2 heterocycles. The Morgan fingerprint density at radius 2 is 2.10 bits per heavy atom. The molecule has 21 heavy (non-hydrogen) atoms. The Morgan fingerprint density at radius 3 is 2.67 bits per heavy atom. The van der Waals surface area contributed by atoms with Gasteiger partial charge in [-0.25, -0.2) is 4.90 Å². The zero-order chi connectivity index (χ0) is 15.3. The van der Waals surface area contributed by atoms with Crippen LogP contribution in [0.15, 0.2) is 27.6 Å². The van der Waals surface area contributed by atoms with E-state index in [-0.39, 0.29) is 10.5 Å². The lowest BCUT2D eigenvalue weighted by atomic mass is 10.1. The SMILES string of the molecule is CC(=O)N1C(=O)C(=C2SC(=S)NC2=O)c2cc(Br)ccc21. The van der Waals surface area contributed by atoms with Crippen LogP contribution in [0.4, 0.5) is 5.69 Å². The van der Waals surface area contributed by atoms with Gasteiger partial charge in [0.1, 0.15) is 4.32 Å². The van der Waals surface area contributed by atoms with Gasteiger partial charge in [0, 0.05) is 17.0 Å². The molecule has 3 rings (SSSR count). The van der Waals surface area contributed by atoms with Crippen molar-refractivity contribution in [1.82, 2.24) is 5.32 Å². The number of hydrogen-bond donors (Lipinski definition) is 1. The van der Waals surface area contributed by atoms with E-state index in [1.807, 2.05) is 0 Å². The highest BCUT2D eigenvalue weighted by Gasteiger charge is 2.40. The molecule has 2 aliphatic rings. The largest absolute Gasteiger partial charge is 0.307 e. The number of carbonyl (C=O) groups excluding carboxylic acids is 3. The summed E-state index contributed by atoms with van der Waals surface area (Å²) in [4.78, 5) is 37.5. The molecule has 1 saturated heterocycles. The molecule has 106 valence electrons. The van der Waals surface area contributed by atoms with Crippen molar-refractivity contribution in [2.75, 3.05) is 4.90 Å². The van der Waals surface area contributed by atoms with Crippen molar-refractivity contribution >= 4 is 73.2 Å². The second-order valence-corrected chi connectivity index (χ2v) is 6.97. The number of anilines is 1. The Labute approximate surface area is 137 Å². The van der Waals surface area contributed by atoms with E-state index in [4.69, 9.17) is 12.2 Å². The predicted octanol–water partition coefficient (Wildman–Crippen LogP) is 2.20. The van der Waals surface area contributed by atoms with Crippen LogP contribution in [0.25, 0.3) is 5.57 Å². The molecular formula is C13H7BrN2O3S2. The van der Waals surface area contributed by atoms with E-state index in [2.05, 4.69) is 21.2 Å². The number of imide groups is 1. The van der Waals surface area contributed by atoms with Crippen LogP contribution >= 0.6 is 39.9 Å². The second kappa shape index (κ2) is 5.04. The van der Waals surface area contributed by atoms with Gasteiger partial charge in [0.15, 0.2) is 0 Å². The Bertz CT molecular complexity index is 773. The maximum Gasteiger partial charge on any atom is 0.267 e. The number of thioether (sulfide) groups is 1. The van der Waals surface area contributed by atoms with Crippen LogP contribution in [0.5, 0.6) is 0 Å². The van der Waals surface area contributed by atoms with Gasteiger partial charge in [-0.15, -0.1) is 0 Å². The van der Waals surface area contributed by atoms with E-state index in [1.165, 1.54) is 6.92 Å². The quantitative estimate of drug-likeness (QED) is 0.550. The standard InChI is InChI=1S/C13H7BrN2O3S2/c1-5(17)16-8-3-2-6(14)4-7(8)9(12(16)19)10-11(18)15-13(20)21-10/h2-4H,1H3,(H,15,18,20). The fourth-order valence-electron chi connectivity index (χ4n) is 2.25. The summed E-state index contributed by atoms with van der Waals surface area (Å²) in [6.45, 7) is 1.31. The van der Waals surface area contributed by atoms with E-state index in [0.717, 1.165) is 21.1 Å². The number of halogens is 1. The topological polar surface area (TPSA) is 66.5 Å². The first kappa shape index (κ1) is 14.4. The average Bonchev–Trinajstić information content (AvgIpc) is 2.85. The monoisotopic (exact) mass is 382 g/mol. The van der Waals surface area contributed by atoms with Gasteiger partial charge >= 0.3 is 0 Å². The van der Waals surface area contributed by atoms with E-state index in [0.29, 0.717) is 15.6 Å². The number of benzene rings is 1. The Hall–Kier alpha value is -1.51. The highest BCUT2D eigenvalue weighted by molar-refractivity contribution is 9.10. The molecule has 1 fully saturated rings. The zero-order valence-electron chi connectivity index (χ0n) is 10.6. The Kier molecular flexibility index (Phi) is 3.46. The van der Waals surface area contributed by atoms with E-state index < -0.39 is 17.7 Å².